The third-order valence-electron chi connectivity index (χ3n) is 5.99. The highest BCUT2D eigenvalue weighted by molar-refractivity contribution is 5.97. The zero-order chi connectivity index (χ0) is 22.0. The van der Waals surface area contributed by atoms with Gasteiger partial charge in [0.25, 0.3) is 5.91 Å². The predicted octanol–water partition coefficient (Wildman–Crippen LogP) is 3.96. The number of carbonyl (C=O) groups excluding carboxylic acids is 1. The maximum absolute atomic E-state index is 13.3. The SMILES string of the molecule is CN[C@H](C)COc1ccc(C)c(C(=O)NC2(c3cc(OC)cc4ncccc34)CC2)c1. The number of benzene rings is 2. The number of nitrogens with zero attached hydrogens (tertiary/aromatic N) is 1. The quantitative estimate of drug-likeness (QED) is 0.578. The van der Waals surface area contributed by atoms with Crippen LogP contribution in [-0.4, -0.2) is 37.7 Å². The summed E-state index contributed by atoms with van der Waals surface area (Å²) in [6.45, 7) is 4.53. The van der Waals surface area contributed by atoms with E-state index in [2.05, 4.69) is 15.6 Å². The minimum Gasteiger partial charge on any atom is -0.497 e. The van der Waals surface area contributed by atoms with E-state index >= 15 is 0 Å². The molecule has 1 aliphatic carbocycles. The Morgan fingerprint density at radius 1 is 1.19 bits per heavy atom. The Morgan fingerprint density at radius 2 is 2.00 bits per heavy atom. The van der Waals surface area contributed by atoms with Crippen molar-refractivity contribution in [2.24, 2.45) is 0 Å². The first kappa shape index (κ1) is 21.1. The van der Waals surface area contributed by atoms with Gasteiger partial charge in [0.1, 0.15) is 18.1 Å². The maximum Gasteiger partial charge on any atom is 0.252 e. The minimum atomic E-state index is -0.406. The first-order valence-corrected chi connectivity index (χ1v) is 10.6. The van der Waals surface area contributed by atoms with Crippen molar-refractivity contribution in [3.8, 4) is 11.5 Å². The summed E-state index contributed by atoms with van der Waals surface area (Å²) in [6, 6.07) is 13.8. The molecule has 6 nitrogen and oxygen atoms in total. The Labute approximate surface area is 183 Å². The lowest BCUT2D eigenvalue weighted by atomic mass is 9.97. The topological polar surface area (TPSA) is 72.5 Å². The third kappa shape index (κ3) is 4.35. The molecule has 0 unspecified atom stereocenters. The zero-order valence-electron chi connectivity index (χ0n) is 18.5. The number of fused-ring (bicyclic) bond motifs is 1. The summed E-state index contributed by atoms with van der Waals surface area (Å²) in [5.41, 5.74) is 3.06. The smallest absolute Gasteiger partial charge is 0.252 e. The summed E-state index contributed by atoms with van der Waals surface area (Å²) in [7, 11) is 3.55. The number of carbonyl (C=O) groups is 1. The van der Waals surface area contributed by atoms with Crippen molar-refractivity contribution < 1.29 is 14.3 Å². The van der Waals surface area contributed by atoms with Crippen LogP contribution in [0.4, 0.5) is 0 Å². The first-order chi connectivity index (χ1) is 15.0. The van der Waals surface area contributed by atoms with Gasteiger partial charge in [-0.1, -0.05) is 12.1 Å². The predicted molar refractivity (Wildman–Crippen MR) is 122 cm³/mol. The zero-order valence-corrected chi connectivity index (χ0v) is 18.5. The van der Waals surface area contributed by atoms with E-state index in [9.17, 15) is 4.79 Å². The number of ether oxygens (including phenoxy) is 2. The summed E-state index contributed by atoms with van der Waals surface area (Å²) in [6.07, 6.45) is 3.53. The molecule has 4 rings (SSSR count). The van der Waals surface area contributed by atoms with Gasteiger partial charge >= 0.3 is 0 Å². The van der Waals surface area contributed by atoms with E-state index in [1.54, 1.807) is 13.3 Å². The van der Waals surface area contributed by atoms with Crippen LogP contribution in [0.3, 0.4) is 0 Å². The van der Waals surface area contributed by atoms with Gasteiger partial charge in [-0.15, -0.1) is 0 Å². The largest absolute Gasteiger partial charge is 0.497 e. The van der Waals surface area contributed by atoms with Crippen molar-refractivity contribution in [2.75, 3.05) is 20.8 Å². The standard InChI is InChI=1S/C25H29N3O3/c1-16-7-8-18(31-15-17(2)26-3)12-21(16)24(29)28-25(9-10-25)22-13-19(30-4)14-23-20(22)6-5-11-27-23/h5-8,11-14,17,26H,9-10,15H2,1-4H3,(H,28,29)/t17-/m1/s1. The average Bonchev–Trinajstić information content (AvgIpc) is 3.57. The third-order valence-corrected chi connectivity index (χ3v) is 5.99. The second-order valence-electron chi connectivity index (χ2n) is 8.26. The van der Waals surface area contributed by atoms with Crippen LogP contribution in [-0.2, 0) is 5.54 Å². The number of pyridine rings is 1. The average molecular weight is 420 g/mol. The molecule has 1 saturated carbocycles. The van der Waals surface area contributed by atoms with Crippen LogP contribution in [0.15, 0.2) is 48.7 Å². The molecule has 0 aliphatic heterocycles. The summed E-state index contributed by atoms with van der Waals surface area (Å²) >= 11 is 0. The molecule has 1 amide bonds. The van der Waals surface area contributed by atoms with Crippen molar-refractivity contribution in [1.29, 1.82) is 0 Å². The van der Waals surface area contributed by atoms with Crippen molar-refractivity contribution in [1.82, 2.24) is 15.6 Å². The molecular weight excluding hydrogens is 390 g/mol. The van der Waals surface area contributed by atoms with E-state index in [1.807, 2.05) is 63.4 Å². The second kappa shape index (κ2) is 8.55. The van der Waals surface area contributed by atoms with Crippen LogP contribution in [0.1, 0.15) is 41.3 Å². The fourth-order valence-corrected chi connectivity index (χ4v) is 3.78. The van der Waals surface area contributed by atoms with Crippen molar-refractivity contribution in [2.45, 2.75) is 38.3 Å². The number of hydrogen-bond acceptors (Lipinski definition) is 5. The number of rotatable bonds is 8. The molecule has 0 radical (unpaired) electrons. The van der Waals surface area contributed by atoms with Crippen LogP contribution in [0.2, 0.25) is 0 Å². The normalized spacial score (nSPS) is 15.4. The molecule has 0 saturated heterocycles. The van der Waals surface area contributed by atoms with Gasteiger partial charge < -0.3 is 20.1 Å². The Bertz CT molecular complexity index is 1110. The van der Waals surface area contributed by atoms with Crippen LogP contribution in [0.25, 0.3) is 10.9 Å². The molecule has 1 heterocycles. The molecule has 3 aromatic rings. The van der Waals surface area contributed by atoms with Gasteiger partial charge in [-0.25, -0.2) is 0 Å². The van der Waals surface area contributed by atoms with E-state index < -0.39 is 5.54 Å². The Balaban J connectivity index is 1.62. The highest BCUT2D eigenvalue weighted by atomic mass is 16.5. The van der Waals surface area contributed by atoms with E-state index in [-0.39, 0.29) is 11.9 Å². The highest BCUT2D eigenvalue weighted by Crippen LogP contribution is 2.49. The number of nitrogens with one attached hydrogen (secondary N) is 2. The Kier molecular flexibility index (Phi) is 5.83. The number of aryl methyl sites for hydroxylation is 1. The number of likely N-dealkylation sites (N-methyl/N-ethyl adjacent to an activating group) is 1. The second-order valence-corrected chi connectivity index (χ2v) is 8.26. The van der Waals surface area contributed by atoms with Crippen LogP contribution in [0, 0.1) is 6.92 Å². The summed E-state index contributed by atoms with van der Waals surface area (Å²) in [4.78, 5) is 17.8. The number of amides is 1. The van der Waals surface area contributed by atoms with Crippen molar-refractivity contribution in [3.05, 3.63) is 65.4 Å². The molecule has 31 heavy (non-hydrogen) atoms. The van der Waals surface area contributed by atoms with Crippen LogP contribution in [0.5, 0.6) is 11.5 Å². The molecule has 6 heteroatoms. The summed E-state index contributed by atoms with van der Waals surface area (Å²) in [5, 5.41) is 7.48. The van der Waals surface area contributed by atoms with Crippen LogP contribution < -0.4 is 20.1 Å². The molecule has 162 valence electrons. The van der Waals surface area contributed by atoms with E-state index in [0.717, 1.165) is 40.6 Å². The molecule has 1 fully saturated rings. The fourth-order valence-electron chi connectivity index (χ4n) is 3.78. The molecule has 0 bridgehead atoms. The highest BCUT2D eigenvalue weighted by Gasteiger charge is 2.47. The molecule has 1 aliphatic rings. The van der Waals surface area contributed by atoms with Gasteiger partial charge in [0.15, 0.2) is 0 Å². The summed E-state index contributed by atoms with van der Waals surface area (Å²) in [5.74, 6) is 1.34. The summed E-state index contributed by atoms with van der Waals surface area (Å²) < 4.78 is 11.3. The van der Waals surface area contributed by atoms with Gasteiger partial charge in [-0.2, -0.15) is 0 Å². The van der Waals surface area contributed by atoms with Crippen molar-refractivity contribution >= 4 is 16.8 Å². The molecule has 2 aromatic carbocycles. The van der Waals surface area contributed by atoms with Gasteiger partial charge in [0, 0.05) is 29.3 Å². The lowest BCUT2D eigenvalue weighted by molar-refractivity contribution is 0.0930. The maximum atomic E-state index is 13.3. The van der Waals surface area contributed by atoms with Gasteiger partial charge in [0.05, 0.1) is 18.2 Å². The Morgan fingerprint density at radius 3 is 2.71 bits per heavy atom. The van der Waals surface area contributed by atoms with E-state index in [1.165, 1.54) is 0 Å². The molecule has 0 spiro atoms. The minimum absolute atomic E-state index is 0.0954. The number of aromatic nitrogens is 1. The van der Waals surface area contributed by atoms with E-state index in [4.69, 9.17) is 9.47 Å². The van der Waals surface area contributed by atoms with E-state index in [0.29, 0.717) is 17.9 Å². The monoisotopic (exact) mass is 419 g/mol. The lowest BCUT2D eigenvalue weighted by Crippen LogP contribution is -2.35. The van der Waals surface area contributed by atoms with Gasteiger partial charge in [-0.05, 0) is 69.1 Å². The molecule has 1 atom stereocenters. The lowest BCUT2D eigenvalue weighted by Gasteiger charge is -2.22. The number of hydrogen-bond donors (Lipinski definition) is 2. The van der Waals surface area contributed by atoms with Crippen molar-refractivity contribution in [3.63, 3.8) is 0 Å². The first-order valence-electron chi connectivity index (χ1n) is 10.6. The Hall–Kier alpha value is -3.12. The molecule has 2 N–H and O–H groups in total. The fraction of sp³-hybridized carbons (Fsp3) is 0.360. The molecular formula is C25H29N3O3. The van der Waals surface area contributed by atoms with Gasteiger partial charge in [0.2, 0.25) is 0 Å². The molecule has 1 aromatic heterocycles. The number of methoxy groups -OCH3 is 1. The van der Waals surface area contributed by atoms with Crippen LogP contribution >= 0.6 is 0 Å². The van der Waals surface area contributed by atoms with Gasteiger partial charge in [-0.3, -0.25) is 9.78 Å².